The summed E-state index contributed by atoms with van der Waals surface area (Å²) >= 11 is 0. The fraction of sp³-hybridized carbons (Fsp3) is 0.750. The monoisotopic (exact) mass is 206 g/mol. The molecule has 0 aromatic rings. The molecule has 1 atom stereocenters. The van der Waals surface area contributed by atoms with Gasteiger partial charge in [0, 0.05) is 6.42 Å². The molecule has 0 spiro atoms. The molecule has 0 aromatic carbocycles. The lowest BCUT2D eigenvalue weighted by Crippen LogP contribution is -2.23. The van der Waals surface area contributed by atoms with Crippen molar-refractivity contribution < 1.29 is 29.6 Å². The Hall–Kier alpha value is -1.14. The van der Waals surface area contributed by atoms with Crippen LogP contribution in [0.2, 0.25) is 0 Å². The molecule has 0 rings (SSSR count). The zero-order valence-corrected chi connectivity index (χ0v) is 7.93. The number of rotatable bonds is 8. The molecular formula is C8H14O6. The molecule has 0 amide bonds. The summed E-state index contributed by atoms with van der Waals surface area (Å²) in [6, 6.07) is 0. The molecule has 0 bridgehead atoms. The third kappa shape index (κ3) is 6.38. The van der Waals surface area contributed by atoms with Crippen LogP contribution in [0.25, 0.3) is 0 Å². The van der Waals surface area contributed by atoms with E-state index in [1.165, 1.54) is 7.11 Å². The zero-order chi connectivity index (χ0) is 11.0. The molecule has 0 heterocycles. The molecule has 2 N–H and O–H groups in total. The van der Waals surface area contributed by atoms with Gasteiger partial charge in [-0.15, -0.1) is 0 Å². The number of hydrogen-bond donors (Lipinski definition) is 2. The van der Waals surface area contributed by atoms with E-state index in [1.54, 1.807) is 0 Å². The van der Waals surface area contributed by atoms with Crippen LogP contribution in [0, 0.1) is 0 Å². The summed E-state index contributed by atoms with van der Waals surface area (Å²) in [6.45, 7) is 0. The quantitative estimate of drug-likeness (QED) is 0.344. The lowest BCUT2D eigenvalue weighted by molar-refractivity contribution is -0.302. The van der Waals surface area contributed by atoms with Crippen LogP contribution < -0.4 is 0 Å². The Bertz CT molecular complexity index is 190. The van der Waals surface area contributed by atoms with E-state index in [-0.39, 0.29) is 12.8 Å². The summed E-state index contributed by atoms with van der Waals surface area (Å²) in [6.07, 6.45) is 0.183. The fourth-order valence-electron chi connectivity index (χ4n) is 0.935. The highest BCUT2D eigenvalue weighted by atomic mass is 17.2. The molecule has 0 saturated heterocycles. The van der Waals surface area contributed by atoms with Crippen LogP contribution in [-0.4, -0.2) is 35.4 Å². The number of aliphatic carboxylic acids is 2. The number of carboxylic acid groups (broad SMARTS) is 2. The van der Waals surface area contributed by atoms with Crippen molar-refractivity contribution in [3.8, 4) is 0 Å². The van der Waals surface area contributed by atoms with Crippen molar-refractivity contribution in [3.63, 3.8) is 0 Å². The van der Waals surface area contributed by atoms with Crippen LogP contribution >= 0.6 is 0 Å². The molecule has 0 fully saturated rings. The van der Waals surface area contributed by atoms with Crippen LogP contribution in [0.5, 0.6) is 0 Å². The van der Waals surface area contributed by atoms with Crippen LogP contribution in [-0.2, 0) is 19.4 Å². The van der Waals surface area contributed by atoms with Crippen molar-refractivity contribution in [2.24, 2.45) is 0 Å². The minimum absolute atomic E-state index is 0.0410. The Balaban J connectivity index is 3.61. The molecule has 0 radical (unpaired) electrons. The van der Waals surface area contributed by atoms with Gasteiger partial charge in [0.15, 0.2) is 6.10 Å². The molecule has 0 aliphatic heterocycles. The largest absolute Gasteiger partial charge is 0.481 e. The standard InChI is InChI=1S/C8H14O6/c1-13-14-6(8(11)12)4-2-3-5-7(9)10/h6H,2-5H2,1H3,(H,9,10)(H,11,12). The van der Waals surface area contributed by atoms with Gasteiger partial charge in [0.25, 0.3) is 0 Å². The minimum atomic E-state index is -1.11. The Morgan fingerprint density at radius 3 is 2.36 bits per heavy atom. The Morgan fingerprint density at radius 1 is 1.29 bits per heavy atom. The first-order valence-electron chi connectivity index (χ1n) is 4.22. The van der Waals surface area contributed by atoms with Gasteiger partial charge in [-0.05, 0) is 19.3 Å². The van der Waals surface area contributed by atoms with E-state index in [2.05, 4.69) is 9.78 Å². The third-order valence-corrected chi connectivity index (χ3v) is 1.59. The van der Waals surface area contributed by atoms with Gasteiger partial charge < -0.3 is 10.2 Å². The topological polar surface area (TPSA) is 93.1 Å². The normalized spacial score (nSPS) is 12.4. The molecule has 0 aromatic heterocycles. The second-order valence-corrected chi connectivity index (χ2v) is 2.73. The first-order chi connectivity index (χ1) is 6.57. The van der Waals surface area contributed by atoms with Crippen LogP contribution in [0.3, 0.4) is 0 Å². The highest BCUT2D eigenvalue weighted by Crippen LogP contribution is 2.07. The van der Waals surface area contributed by atoms with Gasteiger partial charge in [0.05, 0.1) is 7.11 Å². The van der Waals surface area contributed by atoms with Gasteiger partial charge in [-0.2, -0.15) is 0 Å². The number of unbranched alkanes of at least 4 members (excludes halogenated alkanes) is 1. The van der Waals surface area contributed by atoms with E-state index in [1.807, 2.05) is 0 Å². The van der Waals surface area contributed by atoms with Gasteiger partial charge in [0.1, 0.15) is 0 Å². The van der Waals surface area contributed by atoms with E-state index in [4.69, 9.17) is 10.2 Å². The summed E-state index contributed by atoms with van der Waals surface area (Å²) in [5.41, 5.74) is 0. The molecule has 0 aliphatic rings. The first-order valence-corrected chi connectivity index (χ1v) is 4.22. The van der Waals surface area contributed by atoms with Gasteiger partial charge >= 0.3 is 11.9 Å². The Kier molecular flexibility index (Phi) is 6.69. The average molecular weight is 206 g/mol. The second-order valence-electron chi connectivity index (χ2n) is 2.73. The van der Waals surface area contributed by atoms with Crippen LogP contribution in [0.1, 0.15) is 25.7 Å². The van der Waals surface area contributed by atoms with E-state index in [0.717, 1.165) is 0 Å². The summed E-state index contributed by atoms with van der Waals surface area (Å²) in [5, 5.41) is 16.9. The van der Waals surface area contributed by atoms with Crippen molar-refractivity contribution in [1.82, 2.24) is 0 Å². The van der Waals surface area contributed by atoms with Crippen LogP contribution in [0.4, 0.5) is 0 Å². The summed E-state index contributed by atoms with van der Waals surface area (Å²) in [5.74, 6) is -1.99. The summed E-state index contributed by atoms with van der Waals surface area (Å²) in [7, 11) is 1.23. The van der Waals surface area contributed by atoms with Crippen molar-refractivity contribution in [3.05, 3.63) is 0 Å². The predicted molar refractivity (Wildman–Crippen MR) is 45.6 cm³/mol. The molecule has 0 saturated carbocycles. The molecule has 14 heavy (non-hydrogen) atoms. The van der Waals surface area contributed by atoms with E-state index in [0.29, 0.717) is 12.8 Å². The maximum absolute atomic E-state index is 10.5. The molecule has 82 valence electrons. The van der Waals surface area contributed by atoms with Gasteiger partial charge in [-0.3, -0.25) is 4.79 Å². The number of carbonyl (C=O) groups is 2. The lowest BCUT2D eigenvalue weighted by Gasteiger charge is -2.09. The Morgan fingerprint density at radius 2 is 1.93 bits per heavy atom. The van der Waals surface area contributed by atoms with Crippen molar-refractivity contribution in [2.75, 3.05) is 7.11 Å². The molecule has 0 aliphatic carbocycles. The summed E-state index contributed by atoms with van der Waals surface area (Å²) in [4.78, 5) is 29.3. The van der Waals surface area contributed by atoms with Gasteiger partial charge in [-0.25, -0.2) is 14.6 Å². The molecule has 6 heteroatoms. The average Bonchev–Trinajstić information content (AvgIpc) is 2.09. The smallest absolute Gasteiger partial charge is 0.336 e. The summed E-state index contributed by atoms with van der Waals surface area (Å²) < 4.78 is 0. The predicted octanol–water partition coefficient (Wildman–Crippen LogP) is 0.663. The van der Waals surface area contributed by atoms with E-state index < -0.39 is 18.0 Å². The molecule has 6 nitrogen and oxygen atoms in total. The van der Waals surface area contributed by atoms with Crippen molar-refractivity contribution in [2.45, 2.75) is 31.8 Å². The second kappa shape index (κ2) is 7.28. The highest BCUT2D eigenvalue weighted by Gasteiger charge is 2.18. The lowest BCUT2D eigenvalue weighted by atomic mass is 10.1. The van der Waals surface area contributed by atoms with Gasteiger partial charge in [-0.1, -0.05) is 0 Å². The maximum Gasteiger partial charge on any atom is 0.336 e. The maximum atomic E-state index is 10.5. The fourth-order valence-corrected chi connectivity index (χ4v) is 0.935. The Labute approximate surface area is 81.4 Å². The van der Waals surface area contributed by atoms with E-state index in [9.17, 15) is 9.59 Å². The minimum Gasteiger partial charge on any atom is -0.481 e. The molecular weight excluding hydrogens is 192 g/mol. The van der Waals surface area contributed by atoms with Crippen molar-refractivity contribution in [1.29, 1.82) is 0 Å². The van der Waals surface area contributed by atoms with E-state index >= 15 is 0 Å². The molecule has 1 unspecified atom stereocenters. The van der Waals surface area contributed by atoms with Crippen LogP contribution in [0.15, 0.2) is 0 Å². The highest BCUT2D eigenvalue weighted by molar-refractivity contribution is 5.72. The number of carboxylic acids is 2. The SMILES string of the molecule is COOC(CCCCC(=O)O)C(=O)O. The zero-order valence-electron chi connectivity index (χ0n) is 7.93. The third-order valence-electron chi connectivity index (χ3n) is 1.59. The van der Waals surface area contributed by atoms with Gasteiger partial charge in [0.2, 0.25) is 0 Å². The van der Waals surface area contributed by atoms with Crippen molar-refractivity contribution >= 4 is 11.9 Å². The number of hydrogen-bond acceptors (Lipinski definition) is 4. The first kappa shape index (κ1) is 12.9.